The molecule has 136 valence electrons. The van der Waals surface area contributed by atoms with Crippen LogP contribution >= 0.6 is 22.7 Å². The summed E-state index contributed by atoms with van der Waals surface area (Å²) >= 11 is 2.95. The van der Waals surface area contributed by atoms with Crippen LogP contribution in [0.2, 0.25) is 0 Å². The summed E-state index contributed by atoms with van der Waals surface area (Å²) in [7, 11) is 3.59. The lowest BCUT2D eigenvalue weighted by Gasteiger charge is -2.18. The SMILES string of the molecule is COCCN(C(=O)c1scnc1C)c1nc2c(s1)CCc1c-2cnn1C. The van der Waals surface area contributed by atoms with Crippen molar-refractivity contribution in [3.8, 4) is 11.3 Å². The number of anilines is 1. The summed E-state index contributed by atoms with van der Waals surface area (Å²) in [6, 6.07) is 0. The van der Waals surface area contributed by atoms with Gasteiger partial charge < -0.3 is 4.74 Å². The van der Waals surface area contributed by atoms with Gasteiger partial charge in [0.05, 0.1) is 36.2 Å². The Kier molecular flexibility index (Phi) is 4.60. The molecular weight excluding hydrogens is 370 g/mol. The Morgan fingerprint density at radius 3 is 3.00 bits per heavy atom. The minimum absolute atomic E-state index is 0.0699. The molecule has 9 heteroatoms. The van der Waals surface area contributed by atoms with E-state index in [-0.39, 0.29) is 5.91 Å². The van der Waals surface area contributed by atoms with Crippen LogP contribution in [0.4, 0.5) is 5.13 Å². The van der Waals surface area contributed by atoms with Crippen LogP contribution in [-0.2, 0) is 24.6 Å². The number of hydrogen-bond donors (Lipinski definition) is 0. The van der Waals surface area contributed by atoms with Gasteiger partial charge in [-0.3, -0.25) is 14.4 Å². The van der Waals surface area contributed by atoms with Gasteiger partial charge >= 0.3 is 0 Å². The molecule has 3 heterocycles. The van der Waals surface area contributed by atoms with E-state index in [1.54, 1.807) is 28.9 Å². The van der Waals surface area contributed by atoms with Gasteiger partial charge in [-0.2, -0.15) is 5.10 Å². The first kappa shape index (κ1) is 17.3. The number of aromatic nitrogens is 4. The molecule has 0 atom stereocenters. The minimum atomic E-state index is -0.0699. The second-order valence-electron chi connectivity index (χ2n) is 6.11. The molecular formula is C17H19N5O2S2. The van der Waals surface area contributed by atoms with Gasteiger partial charge in [0.1, 0.15) is 4.88 Å². The summed E-state index contributed by atoms with van der Waals surface area (Å²) in [4.78, 5) is 25.7. The monoisotopic (exact) mass is 389 g/mol. The summed E-state index contributed by atoms with van der Waals surface area (Å²) in [5.41, 5.74) is 5.67. The first-order valence-electron chi connectivity index (χ1n) is 8.32. The van der Waals surface area contributed by atoms with Crippen molar-refractivity contribution in [1.29, 1.82) is 0 Å². The summed E-state index contributed by atoms with van der Waals surface area (Å²) in [5.74, 6) is -0.0699. The fourth-order valence-electron chi connectivity index (χ4n) is 3.12. The molecule has 3 aromatic heterocycles. The van der Waals surface area contributed by atoms with Gasteiger partial charge in [-0.25, -0.2) is 9.97 Å². The molecule has 1 amide bonds. The van der Waals surface area contributed by atoms with Crippen molar-refractivity contribution in [1.82, 2.24) is 19.7 Å². The van der Waals surface area contributed by atoms with E-state index in [0.29, 0.717) is 23.2 Å². The smallest absolute Gasteiger partial charge is 0.272 e. The van der Waals surface area contributed by atoms with Gasteiger partial charge in [0.25, 0.3) is 5.91 Å². The third-order valence-corrected chi connectivity index (χ3v) is 6.58. The molecule has 0 aromatic carbocycles. The van der Waals surface area contributed by atoms with Gasteiger partial charge in [0.15, 0.2) is 5.13 Å². The maximum absolute atomic E-state index is 13.1. The fraction of sp³-hybridized carbons (Fsp3) is 0.412. The zero-order valence-electron chi connectivity index (χ0n) is 14.9. The number of methoxy groups -OCH3 is 1. The molecule has 1 aliphatic carbocycles. The van der Waals surface area contributed by atoms with Gasteiger partial charge in [-0.15, -0.1) is 22.7 Å². The largest absolute Gasteiger partial charge is 0.383 e. The Balaban J connectivity index is 1.73. The van der Waals surface area contributed by atoms with Gasteiger partial charge in [0.2, 0.25) is 0 Å². The molecule has 4 rings (SSSR count). The standard InChI is InChI=1S/C17H19N5O2S2/c1-10-15(25-9-18-10)16(23)22(6-7-24-3)17-20-14-11-8-19-21(2)12(11)4-5-13(14)26-17/h8-9H,4-7H2,1-3H3. The molecule has 0 radical (unpaired) electrons. The highest BCUT2D eigenvalue weighted by molar-refractivity contribution is 7.16. The average molecular weight is 390 g/mol. The van der Waals surface area contributed by atoms with Crippen molar-refractivity contribution in [2.45, 2.75) is 19.8 Å². The lowest BCUT2D eigenvalue weighted by atomic mass is 10.0. The third-order valence-electron chi connectivity index (χ3n) is 4.53. The highest BCUT2D eigenvalue weighted by atomic mass is 32.1. The Morgan fingerprint density at radius 2 is 2.27 bits per heavy atom. The summed E-state index contributed by atoms with van der Waals surface area (Å²) in [6.07, 6.45) is 3.73. The van der Waals surface area contributed by atoms with Crippen molar-refractivity contribution >= 4 is 33.7 Å². The number of aryl methyl sites for hydroxylation is 3. The number of carbonyl (C=O) groups is 1. The number of thiazole rings is 2. The molecule has 7 nitrogen and oxygen atoms in total. The van der Waals surface area contributed by atoms with Gasteiger partial charge in [-0.1, -0.05) is 0 Å². The zero-order valence-corrected chi connectivity index (χ0v) is 16.5. The van der Waals surface area contributed by atoms with E-state index < -0.39 is 0 Å². The molecule has 0 aliphatic heterocycles. The topological polar surface area (TPSA) is 73.1 Å². The lowest BCUT2D eigenvalue weighted by molar-refractivity contribution is 0.0979. The molecule has 26 heavy (non-hydrogen) atoms. The van der Waals surface area contributed by atoms with E-state index in [9.17, 15) is 4.79 Å². The molecule has 1 aliphatic rings. The molecule has 0 bridgehead atoms. The average Bonchev–Trinajstić information content (AvgIpc) is 3.33. The van der Waals surface area contributed by atoms with E-state index >= 15 is 0 Å². The number of carbonyl (C=O) groups excluding carboxylic acids is 1. The van der Waals surface area contributed by atoms with E-state index in [1.165, 1.54) is 21.9 Å². The normalized spacial score (nSPS) is 12.7. The van der Waals surface area contributed by atoms with Crippen LogP contribution < -0.4 is 4.90 Å². The Labute approximate surface area is 159 Å². The molecule has 0 saturated carbocycles. The summed E-state index contributed by atoms with van der Waals surface area (Å²) in [6.45, 7) is 2.76. The first-order chi connectivity index (χ1) is 12.6. The quantitative estimate of drug-likeness (QED) is 0.671. The number of rotatable bonds is 5. The first-order valence-corrected chi connectivity index (χ1v) is 10.0. The summed E-state index contributed by atoms with van der Waals surface area (Å²) < 4.78 is 7.12. The lowest BCUT2D eigenvalue weighted by Crippen LogP contribution is -2.33. The van der Waals surface area contributed by atoms with Gasteiger partial charge in [0, 0.05) is 30.3 Å². The van der Waals surface area contributed by atoms with E-state index in [1.807, 2.05) is 24.9 Å². The molecule has 3 aromatic rings. The van der Waals surface area contributed by atoms with Crippen LogP contribution in [0.5, 0.6) is 0 Å². The Bertz CT molecular complexity index is 958. The molecule has 0 spiro atoms. The number of fused-ring (bicyclic) bond motifs is 3. The highest BCUT2D eigenvalue weighted by Crippen LogP contribution is 2.39. The number of nitrogens with zero attached hydrogens (tertiary/aromatic N) is 5. The number of ether oxygens (including phenoxy) is 1. The van der Waals surface area contributed by atoms with E-state index in [2.05, 4.69) is 10.1 Å². The predicted octanol–water partition coefficient (Wildman–Crippen LogP) is 2.70. The molecule has 0 saturated heterocycles. The number of amides is 1. The van der Waals surface area contributed by atoms with Crippen LogP contribution in [0.3, 0.4) is 0 Å². The van der Waals surface area contributed by atoms with Crippen LogP contribution in [0.25, 0.3) is 11.3 Å². The van der Waals surface area contributed by atoms with Crippen molar-refractivity contribution < 1.29 is 9.53 Å². The van der Waals surface area contributed by atoms with Crippen LogP contribution in [-0.4, -0.2) is 45.9 Å². The zero-order chi connectivity index (χ0) is 18.3. The van der Waals surface area contributed by atoms with E-state index in [0.717, 1.165) is 29.8 Å². The van der Waals surface area contributed by atoms with Crippen molar-refractivity contribution in [3.05, 3.63) is 32.8 Å². The third kappa shape index (κ3) is 2.85. The van der Waals surface area contributed by atoms with Crippen molar-refractivity contribution in [3.63, 3.8) is 0 Å². The number of hydrogen-bond acceptors (Lipinski definition) is 7. The van der Waals surface area contributed by atoms with E-state index in [4.69, 9.17) is 9.72 Å². The van der Waals surface area contributed by atoms with Crippen molar-refractivity contribution in [2.75, 3.05) is 25.2 Å². The Hall–Kier alpha value is -2.10. The van der Waals surface area contributed by atoms with Crippen LogP contribution in [0.15, 0.2) is 11.7 Å². The second-order valence-corrected chi connectivity index (χ2v) is 8.03. The molecule has 0 N–H and O–H groups in total. The Morgan fingerprint density at radius 1 is 1.42 bits per heavy atom. The highest BCUT2D eigenvalue weighted by Gasteiger charge is 2.29. The van der Waals surface area contributed by atoms with Crippen LogP contribution in [0, 0.1) is 6.92 Å². The maximum Gasteiger partial charge on any atom is 0.272 e. The molecule has 0 fully saturated rings. The summed E-state index contributed by atoms with van der Waals surface area (Å²) in [5, 5.41) is 5.07. The van der Waals surface area contributed by atoms with Crippen molar-refractivity contribution in [2.24, 2.45) is 7.05 Å². The van der Waals surface area contributed by atoms with Gasteiger partial charge in [-0.05, 0) is 19.8 Å². The maximum atomic E-state index is 13.1. The van der Waals surface area contributed by atoms with Crippen LogP contribution in [0.1, 0.15) is 25.9 Å². The molecule has 0 unspecified atom stereocenters. The fourth-order valence-corrected chi connectivity index (χ4v) is 4.97. The predicted molar refractivity (Wildman–Crippen MR) is 102 cm³/mol. The second kappa shape index (κ2) is 6.90. The minimum Gasteiger partial charge on any atom is -0.383 e.